The molecular formula is C38H43N5O5. The molecule has 4 amide bonds. The predicted octanol–water partition coefficient (Wildman–Crippen LogP) is 2.96. The van der Waals surface area contributed by atoms with Gasteiger partial charge in [0.05, 0.1) is 6.04 Å². The molecule has 1 saturated heterocycles. The average molecular weight is 650 g/mol. The Morgan fingerprint density at radius 2 is 1.44 bits per heavy atom. The van der Waals surface area contributed by atoms with E-state index in [1.165, 1.54) is 4.90 Å². The number of phenols is 1. The molecule has 10 nitrogen and oxygen atoms in total. The Morgan fingerprint density at radius 1 is 0.792 bits per heavy atom. The highest BCUT2D eigenvalue weighted by Gasteiger charge is 2.38. The second-order valence-corrected chi connectivity index (χ2v) is 12.7. The molecule has 4 atom stereocenters. The smallest absolute Gasteiger partial charge is 0.243 e. The first kappa shape index (κ1) is 34.1. The Morgan fingerprint density at radius 3 is 2.12 bits per heavy atom. The summed E-state index contributed by atoms with van der Waals surface area (Å²) >= 11 is 0. The number of aromatic hydroxyl groups is 1. The van der Waals surface area contributed by atoms with E-state index in [4.69, 9.17) is 11.5 Å². The minimum atomic E-state index is -1.03. The molecule has 1 fully saturated rings. The van der Waals surface area contributed by atoms with E-state index in [-0.39, 0.29) is 30.9 Å². The number of carbonyl (C=O) groups is 4. The third-order valence-corrected chi connectivity index (χ3v) is 8.99. The quantitative estimate of drug-likeness (QED) is 0.158. The highest BCUT2D eigenvalue weighted by molar-refractivity contribution is 5.95. The lowest BCUT2D eigenvalue weighted by molar-refractivity contribution is -0.140. The third kappa shape index (κ3) is 8.19. The second-order valence-electron chi connectivity index (χ2n) is 12.7. The number of amides is 4. The van der Waals surface area contributed by atoms with Crippen LogP contribution >= 0.6 is 0 Å². The summed E-state index contributed by atoms with van der Waals surface area (Å²) in [5.41, 5.74) is 16.0. The van der Waals surface area contributed by atoms with Crippen molar-refractivity contribution in [1.82, 2.24) is 15.5 Å². The molecule has 4 aromatic rings. The van der Waals surface area contributed by atoms with Gasteiger partial charge in [0.2, 0.25) is 23.6 Å². The number of aryl methyl sites for hydroxylation is 2. The molecule has 48 heavy (non-hydrogen) atoms. The van der Waals surface area contributed by atoms with Gasteiger partial charge in [0.1, 0.15) is 23.9 Å². The first-order chi connectivity index (χ1) is 23.0. The number of nitrogens with zero attached hydrogens (tertiary/aromatic N) is 1. The van der Waals surface area contributed by atoms with Crippen LogP contribution in [0.1, 0.15) is 40.7 Å². The Labute approximate surface area is 280 Å². The minimum Gasteiger partial charge on any atom is -0.507 e. The Balaban J connectivity index is 1.29. The molecule has 10 heteroatoms. The van der Waals surface area contributed by atoms with Gasteiger partial charge in [-0.25, -0.2) is 0 Å². The van der Waals surface area contributed by atoms with Crippen LogP contribution in [0.4, 0.5) is 0 Å². The van der Waals surface area contributed by atoms with Crippen LogP contribution in [0.5, 0.6) is 5.75 Å². The van der Waals surface area contributed by atoms with Gasteiger partial charge >= 0.3 is 0 Å². The van der Waals surface area contributed by atoms with Gasteiger partial charge in [-0.15, -0.1) is 0 Å². The van der Waals surface area contributed by atoms with Crippen LogP contribution in [-0.2, 0) is 38.4 Å². The summed E-state index contributed by atoms with van der Waals surface area (Å²) in [6, 6.07) is 22.8. The number of nitrogens with two attached hydrogens (primary N) is 2. The highest BCUT2D eigenvalue weighted by Crippen LogP contribution is 2.25. The van der Waals surface area contributed by atoms with Crippen LogP contribution in [0, 0.1) is 13.8 Å². The number of benzene rings is 4. The number of hydrogen-bond donors (Lipinski definition) is 5. The zero-order chi connectivity index (χ0) is 34.4. The van der Waals surface area contributed by atoms with E-state index in [1.807, 2.05) is 72.8 Å². The maximum absolute atomic E-state index is 13.8. The lowest BCUT2D eigenvalue weighted by Gasteiger charge is -2.29. The molecule has 0 unspecified atom stereocenters. The third-order valence-electron chi connectivity index (χ3n) is 8.99. The molecule has 1 aliphatic rings. The Bertz CT molecular complexity index is 1790. The van der Waals surface area contributed by atoms with E-state index in [0.717, 1.165) is 27.5 Å². The van der Waals surface area contributed by atoms with Gasteiger partial charge in [-0.2, -0.15) is 0 Å². The number of fused-ring (bicyclic) bond motifs is 1. The molecule has 250 valence electrons. The maximum atomic E-state index is 13.8. The van der Waals surface area contributed by atoms with Gasteiger partial charge in [-0.1, -0.05) is 84.9 Å². The number of rotatable bonds is 12. The van der Waals surface area contributed by atoms with E-state index in [1.54, 1.807) is 26.0 Å². The molecule has 1 heterocycles. The lowest BCUT2D eigenvalue weighted by atomic mass is 9.99. The van der Waals surface area contributed by atoms with E-state index >= 15 is 0 Å². The van der Waals surface area contributed by atoms with Gasteiger partial charge in [0, 0.05) is 19.4 Å². The fraction of sp³-hybridized carbons (Fsp3) is 0.316. The summed E-state index contributed by atoms with van der Waals surface area (Å²) in [6.45, 7) is 3.94. The van der Waals surface area contributed by atoms with E-state index in [2.05, 4.69) is 10.6 Å². The van der Waals surface area contributed by atoms with Crippen molar-refractivity contribution >= 4 is 34.4 Å². The molecule has 0 saturated carbocycles. The van der Waals surface area contributed by atoms with E-state index in [9.17, 15) is 24.3 Å². The monoisotopic (exact) mass is 649 g/mol. The SMILES string of the molecule is Cc1cc(C[C@H](N)C(=O)N2CCC[C@H]2C(=O)N[C@@H](Cc2ccccc2)C(=O)N[C@H](Cc2ccc3ccccc3c2)C(N)=O)cc(C)c1O. The Hall–Kier alpha value is -5.22. The van der Waals surface area contributed by atoms with E-state index < -0.39 is 41.9 Å². The number of hydrogen-bond acceptors (Lipinski definition) is 6. The first-order valence-electron chi connectivity index (χ1n) is 16.3. The number of phenolic OH excluding ortho intramolecular Hbond substituents is 1. The molecular weight excluding hydrogens is 606 g/mol. The summed E-state index contributed by atoms with van der Waals surface area (Å²) in [4.78, 5) is 55.1. The van der Waals surface area contributed by atoms with Gasteiger partial charge in [0.15, 0.2) is 0 Å². The van der Waals surface area contributed by atoms with Crippen LogP contribution in [0.2, 0.25) is 0 Å². The van der Waals surface area contributed by atoms with Crippen molar-refractivity contribution in [1.29, 1.82) is 0 Å². The normalized spacial score (nSPS) is 16.2. The molecule has 4 aromatic carbocycles. The Kier molecular flexibility index (Phi) is 10.8. The lowest BCUT2D eigenvalue weighted by Crippen LogP contribution is -2.58. The zero-order valence-electron chi connectivity index (χ0n) is 27.3. The maximum Gasteiger partial charge on any atom is 0.243 e. The van der Waals surface area contributed by atoms with Gasteiger partial charge < -0.3 is 32.1 Å². The summed E-state index contributed by atoms with van der Waals surface area (Å²) in [5.74, 6) is -1.86. The number of nitrogens with one attached hydrogen (secondary N) is 2. The highest BCUT2D eigenvalue weighted by atomic mass is 16.3. The molecule has 0 aliphatic carbocycles. The van der Waals surface area contributed by atoms with Crippen molar-refractivity contribution in [2.24, 2.45) is 11.5 Å². The summed E-state index contributed by atoms with van der Waals surface area (Å²) in [7, 11) is 0. The number of primary amides is 1. The van der Waals surface area contributed by atoms with Gasteiger partial charge in [0.25, 0.3) is 0 Å². The van der Waals surface area contributed by atoms with Crippen LogP contribution in [0.15, 0.2) is 84.9 Å². The fourth-order valence-electron chi connectivity index (χ4n) is 6.44. The topological polar surface area (TPSA) is 168 Å². The van der Waals surface area contributed by atoms with Crippen LogP contribution in [-0.4, -0.2) is 64.3 Å². The van der Waals surface area contributed by atoms with Gasteiger partial charge in [-0.05, 0) is 71.7 Å². The second kappa shape index (κ2) is 15.1. The molecule has 0 aromatic heterocycles. The van der Waals surface area contributed by atoms with Crippen molar-refractivity contribution in [2.45, 2.75) is 70.1 Å². The minimum absolute atomic E-state index is 0.166. The summed E-state index contributed by atoms with van der Waals surface area (Å²) in [6.07, 6.45) is 1.63. The molecule has 0 bridgehead atoms. The zero-order valence-corrected chi connectivity index (χ0v) is 27.3. The van der Waals surface area contributed by atoms with Crippen molar-refractivity contribution in [2.75, 3.05) is 6.54 Å². The van der Waals surface area contributed by atoms with Crippen LogP contribution in [0.3, 0.4) is 0 Å². The van der Waals surface area contributed by atoms with E-state index in [0.29, 0.717) is 30.5 Å². The van der Waals surface area contributed by atoms with Crippen molar-refractivity contribution in [3.8, 4) is 5.75 Å². The largest absolute Gasteiger partial charge is 0.507 e. The van der Waals surface area contributed by atoms with Gasteiger partial charge in [-0.3, -0.25) is 19.2 Å². The molecule has 0 spiro atoms. The average Bonchev–Trinajstić information content (AvgIpc) is 3.57. The summed E-state index contributed by atoms with van der Waals surface area (Å²) < 4.78 is 0. The molecule has 7 N–H and O–H groups in total. The van der Waals surface area contributed by atoms with Crippen molar-refractivity contribution in [3.63, 3.8) is 0 Å². The number of likely N-dealkylation sites (tertiary alicyclic amines) is 1. The van der Waals surface area contributed by atoms with Crippen LogP contribution < -0.4 is 22.1 Å². The molecule has 5 rings (SSSR count). The predicted molar refractivity (Wildman–Crippen MR) is 185 cm³/mol. The summed E-state index contributed by atoms with van der Waals surface area (Å²) in [5, 5.41) is 17.8. The standard InChI is InChI=1S/C38H43N5O5/c1-23-17-27(18-24(2)34(23)44)20-30(39)38(48)43-16-8-13-33(43)37(47)42-32(21-25-9-4-3-5-10-25)36(46)41-31(35(40)45)22-26-14-15-28-11-6-7-12-29(28)19-26/h3-7,9-12,14-15,17-19,30-33,44H,8,13,16,20-22,39H2,1-2H3,(H2,40,45)(H,41,46)(H,42,47)/t30-,31+,32-,33-/m0/s1. The van der Waals surface area contributed by atoms with Crippen molar-refractivity contribution in [3.05, 3.63) is 113 Å². The van der Waals surface area contributed by atoms with Crippen molar-refractivity contribution < 1.29 is 24.3 Å². The molecule has 1 aliphatic heterocycles. The first-order valence-corrected chi connectivity index (χ1v) is 16.3. The number of carbonyl (C=O) groups excluding carboxylic acids is 4. The molecule has 0 radical (unpaired) electrons. The fourth-order valence-corrected chi connectivity index (χ4v) is 6.44. The van der Waals surface area contributed by atoms with Crippen LogP contribution in [0.25, 0.3) is 10.8 Å².